The maximum atomic E-state index is 13.6. The molecule has 48 heavy (non-hydrogen) atoms. The number of hydrazone groups is 1. The van der Waals surface area contributed by atoms with Crippen molar-refractivity contribution >= 4 is 46.7 Å². The van der Waals surface area contributed by atoms with Crippen LogP contribution in [0.25, 0.3) is 11.0 Å². The van der Waals surface area contributed by atoms with Crippen LogP contribution in [0.2, 0.25) is 0 Å². The third-order valence-corrected chi connectivity index (χ3v) is 7.20. The lowest BCUT2D eigenvalue weighted by Crippen LogP contribution is -2.34. The van der Waals surface area contributed by atoms with Gasteiger partial charge in [0.2, 0.25) is 0 Å². The van der Waals surface area contributed by atoms with Crippen molar-refractivity contribution < 1.29 is 34.8 Å². The van der Waals surface area contributed by atoms with Gasteiger partial charge in [-0.15, -0.1) is 0 Å². The Balaban J connectivity index is 0.00000400. The Kier molecular flexibility index (Phi) is 16.2. The number of nitrogens with zero attached hydrogens (tertiary/aromatic N) is 5. The molecule has 0 radical (unpaired) electrons. The number of carbonyl (C=O) groups excluding carboxylic acids is 3. The Hall–Kier alpha value is -5.34. The third-order valence-electron chi connectivity index (χ3n) is 7.20. The van der Waals surface area contributed by atoms with E-state index in [1.807, 2.05) is 41.9 Å². The first-order valence-electron chi connectivity index (χ1n) is 15.5. The molecule has 0 aliphatic carbocycles. The molecule has 258 valence electrons. The van der Waals surface area contributed by atoms with E-state index in [-0.39, 0.29) is 42.4 Å². The van der Waals surface area contributed by atoms with Crippen molar-refractivity contribution in [2.24, 2.45) is 12.1 Å². The minimum absolute atomic E-state index is 0. The molecule has 2 heterocycles. The van der Waals surface area contributed by atoms with Gasteiger partial charge in [-0.2, -0.15) is 5.10 Å². The number of amides is 2. The summed E-state index contributed by atoms with van der Waals surface area (Å²) in [6.07, 6.45) is 6.79. The molecule has 14 nitrogen and oxygen atoms in total. The molecule has 4 aromatic rings. The van der Waals surface area contributed by atoms with E-state index < -0.39 is 6.09 Å². The SMILES string of the molecule is CCCCCCOC(=O)NN=Cc1ccc(NCc2nc3cc(C(=O)N(CCC(=O)OCC)c4ccccn4)ccc3n2C)cc1.O.O. The van der Waals surface area contributed by atoms with Crippen LogP contribution in [0.3, 0.4) is 0 Å². The summed E-state index contributed by atoms with van der Waals surface area (Å²) in [5.74, 6) is 0.575. The van der Waals surface area contributed by atoms with Crippen molar-refractivity contribution in [2.45, 2.75) is 52.5 Å². The zero-order valence-corrected chi connectivity index (χ0v) is 27.6. The molecule has 0 fully saturated rings. The van der Waals surface area contributed by atoms with E-state index in [0.29, 0.717) is 30.0 Å². The number of hydrogen-bond acceptors (Lipinski definition) is 9. The van der Waals surface area contributed by atoms with Gasteiger partial charge in [0, 0.05) is 31.0 Å². The number of aromatic nitrogens is 3. The van der Waals surface area contributed by atoms with Gasteiger partial charge >= 0.3 is 12.1 Å². The summed E-state index contributed by atoms with van der Waals surface area (Å²) in [7, 11) is 1.93. The molecule has 2 aromatic heterocycles. The second kappa shape index (κ2) is 20.0. The molecule has 0 bridgehead atoms. The Morgan fingerprint density at radius 3 is 2.48 bits per heavy atom. The largest absolute Gasteiger partial charge is 0.466 e. The molecule has 0 aliphatic heterocycles. The number of pyridine rings is 1. The average Bonchev–Trinajstić information content (AvgIpc) is 3.39. The molecule has 14 heteroatoms. The fourth-order valence-corrected chi connectivity index (χ4v) is 4.72. The molecule has 0 unspecified atom stereocenters. The highest BCUT2D eigenvalue weighted by atomic mass is 16.6. The Bertz CT molecular complexity index is 1630. The smallest absolute Gasteiger partial charge is 0.427 e. The second-order valence-electron chi connectivity index (χ2n) is 10.5. The number of ether oxygens (including phenoxy) is 2. The van der Waals surface area contributed by atoms with Crippen LogP contribution in [0.5, 0.6) is 0 Å². The molecular weight excluding hydrogens is 618 g/mol. The lowest BCUT2D eigenvalue weighted by molar-refractivity contribution is -0.142. The number of unbranched alkanes of at least 4 members (excludes halogenated alkanes) is 3. The Morgan fingerprint density at radius 2 is 1.77 bits per heavy atom. The Labute approximate surface area is 279 Å². The number of imidazole rings is 1. The second-order valence-corrected chi connectivity index (χ2v) is 10.5. The summed E-state index contributed by atoms with van der Waals surface area (Å²) in [5.41, 5.74) is 6.07. The van der Waals surface area contributed by atoms with Crippen LogP contribution in [0, 0.1) is 0 Å². The van der Waals surface area contributed by atoms with E-state index in [1.54, 1.807) is 49.7 Å². The summed E-state index contributed by atoms with van der Waals surface area (Å²) in [6, 6.07) is 18.3. The van der Waals surface area contributed by atoms with Gasteiger partial charge in [-0.1, -0.05) is 44.4 Å². The van der Waals surface area contributed by atoms with Crippen LogP contribution < -0.4 is 15.6 Å². The summed E-state index contributed by atoms with van der Waals surface area (Å²) < 4.78 is 12.1. The van der Waals surface area contributed by atoms with E-state index >= 15 is 0 Å². The highest BCUT2D eigenvalue weighted by molar-refractivity contribution is 6.07. The monoisotopic (exact) mass is 663 g/mol. The fraction of sp³-hybridized carbons (Fsp3) is 0.353. The molecule has 2 aromatic carbocycles. The van der Waals surface area contributed by atoms with Gasteiger partial charge in [-0.05, 0) is 61.4 Å². The number of hydrogen-bond donors (Lipinski definition) is 2. The molecule has 0 spiro atoms. The van der Waals surface area contributed by atoms with E-state index in [4.69, 9.17) is 14.5 Å². The predicted molar refractivity (Wildman–Crippen MR) is 185 cm³/mol. The zero-order chi connectivity index (χ0) is 32.7. The van der Waals surface area contributed by atoms with Crippen molar-refractivity contribution in [1.29, 1.82) is 0 Å². The first kappa shape index (κ1) is 38.8. The number of rotatable bonds is 16. The van der Waals surface area contributed by atoms with E-state index in [9.17, 15) is 14.4 Å². The maximum Gasteiger partial charge on any atom is 0.427 e. The van der Waals surface area contributed by atoms with E-state index in [0.717, 1.165) is 48.3 Å². The molecular formula is C34H45N7O7. The van der Waals surface area contributed by atoms with Crippen LogP contribution in [0.4, 0.5) is 16.3 Å². The number of anilines is 2. The normalized spacial score (nSPS) is 10.6. The van der Waals surface area contributed by atoms with Crippen LogP contribution >= 0.6 is 0 Å². The van der Waals surface area contributed by atoms with Gasteiger partial charge in [-0.25, -0.2) is 20.2 Å². The quantitative estimate of drug-likeness (QED) is 0.0769. The summed E-state index contributed by atoms with van der Waals surface area (Å²) >= 11 is 0. The third kappa shape index (κ3) is 11.2. The Morgan fingerprint density at radius 1 is 0.979 bits per heavy atom. The lowest BCUT2D eigenvalue weighted by atomic mass is 10.1. The maximum absolute atomic E-state index is 13.6. The molecule has 2 amide bonds. The average molecular weight is 664 g/mol. The topological polar surface area (TPSA) is 203 Å². The van der Waals surface area contributed by atoms with Crippen molar-refractivity contribution in [1.82, 2.24) is 20.0 Å². The molecule has 6 N–H and O–H groups in total. The van der Waals surface area contributed by atoms with Crippen molar-refractivity contribution in [2.75, 3.05) is 30.0 Å². The van der Waals surface area contributed by atoms with Crippen LogP contribution in [-0.2, 0) is 27.9 Å². The molecule has 0 atom stereocenters. The van der Waals surface area contributed by atoms with Gasteiger partial charge in [0.05, 0.1) is 43.4 Å². The van der Waals surface area contributed by atoms with Gasteiger partial charge in [-0.3, -0.25) is 14.5 Å². The molecule has 0 saturated heterocycles. The highest BCUT2D eigenvalue weighted by Crippen LogP contribution is 2.21. The van der Waals surface area contributed by atoms with Crippen molar-refractivity contribution in [3.63, 3.8) is 0 Å². The van der Waals surface area contributed by atoms with Gasteiger partial charge in [0.25, 0.3) is 5.91 Å². The summed E-state index contributed by atoms with van der Waals surface area (Å²) in [6.45, 7) is 5.13. The van der Waals surface area contributed by atoms with E-state index in [2.05, 4.69) is 27.8 Å². The number of carbonyl (C=O) groups is 3. The van der Waals surface area contributed by atoms with Gasteiger partial charge in [0.15, 0.2) is 0 Å². The number of fused-ring (bicyclic) bond motifs is 1. The highest BCUT2D eigenvalue weighted by Gasteiger charge is 2.21. The molecule has 0 saturated carbocycles. The number of aryl methyl sites for hydroxylation is 1. The van der Waals surface area contributed by atoms with Crippen molar-refractivity contribution in [3.8, 4) is 0 Å². The molecule has 0 aliphatic rings. The van der Waals surface area contributed by atoms with Crippen LogP contribution in [0.15, 0.2) is 72.0 Å². The van der Waals surface area contributed by atoms with Crippen LogP contribution in [-0.4, -0.2) is 69.4 Å². The number of esters is 1. The van der Waals surface area contributed by atoms with Crippen LogP contribution in [0.1, 0.15) is 67.7 Å². The number of nitrogens with one attached hydrogen (secondary N) is 2. The van der Waals surface area contributed by atoms with Crippen molar-refractivity contribution in [3.05, 3.63) is 83.8 Å². The van der Waals surface area contributed by atoms with E-state index in [1.165, 1.54) is 4.90 Å². The first-order valence-corrected chi connectivity index (χ1v) is 15.5. The zero-order valence-electron chi connectivity index (χ0n) is 27.6. The summed E-state index contributed by atoms with van der Waals surface area (Å²) in [5, 5.41) is 7.33. The predicted octanol–water partition coefficient (Wildman–Crippen LogP) is 4.17. The van der Waals surface area contributed by atoms with Gasteiger partial charge in [0.1, 0.15) is 11.6 Å². The first-order chi connectivity index (χ1) is 22.4. The summed E-state index contributed by atoms with van der Waals surface area (Å²) in [4.78, 5) is 48.0. The minimum atomic E-state index is -0.565. The lowest BCUT2D eigenvalue weighted by Gasteiger charge is -2.21. The fourth-order valence-electron chi connectivity index (χ4n) is 4.72. The standard InChI is InChI=1S/C34H41N7O5.2H2O/c1-4-6-7-10-21-46-34(44)39-37-23-25-12-15-27(16-13-25)36-24-31-38-28-22-26(14-17-29(28)40(31)3)33(43)41(20-18-32(42)45-5-2)30-11-8-9-19-35-30;;/h8-9,11-17,19,22-23,36H,4-7,10,18,20-21,24H2,1-3H3,(H,39,44);2*1H2. The minimum Gasteiger partial charge on any atom is -0.466 e. The number of benzene rings is 2. The van der Waals surface area contributed by atoms with Gasteiger partial charge < -0.3 is 30.3 Å². The molecule has 4 rings (SSSR count).